The van der Waals surface area contributed by atoms with Gasteiger partial charge in [-0.1, -0.05) is 105 Å². The van der Waals surface area contributed by atoms with Crippen molar-refractivity contribution < 1.29 is 5.11 Å². The Bertz CT molecular complexity index is 2110. The summed E-state index contributed by atoms with van der Waals surface area (Å²) in [5.41, 5.74) is 12.6. The van der Waals surface area contributed by atoms with Gasteiger partial charge in [-0.2, -0.15) is 0 Å². The zero-order valence-electron chi connectivity index (χ0n) is 25.8. The van der Waals surface area contributed by atoms with Crippen LogP contribution in [0.5, 0.6) is 5.75 Å². The van der Waals surface area contributed by atoms with Crippen molar-refractivity contribution in [3.8, 4) is 50.6 Å². The van der Waals surface area contributed by atoms with Crippen LogP contribution in [0.2, 0.25) is 0 Å². The van der Waals surface area contributed by atoms with Crippen LogP contribution in [0.1, 0.15) is 36.5 Å². The number of fused-ring (bicyclic) bond motifs is 1. The smallest absolute Gasteiger partial charge is 0.144 e. The number of aromatic hydroxyl groups is 1. The standard InChI is InChI=1S/C41H35N3O/c1-27(2)34-17-19-37(42-26-34)33-16-10-15-32(24-33)35-22-29(21-28-11-6-4-7-12-28)23-38-40(35)43-41(44(38)3)36-25-31(18-20-39(36)45)30-13-8-5-9-14-30/h4-20,22-27,45H,21H2,1-3H3. The van der Waals surface area contributed by atoms with Crippen molar-refractivity contribution in [2.45, 2.75) is 26.2 Å². The highest BCUT2D eigenvalue weighted by atomic mass is 16.3. The van der Waals surface area contributed by atoms with Gasteiger partial charge in [-0.25, -0.2) is 4.98 Å². The van der Waals surface area contributed by atoms with Crippen molar-refractivity contribution in [3.05, 3.63) is 150 Å². The fourth-order valence-corrected chi connectivity index (χ4v) is 6.03. The molecule has 0 amide bonds. The number of phenols is 1. The molecule has 0 bridgehead atoms. The van der Waals surface area contributed by atoms with Gasteiger partial charge in [-0.15, -0.1) is 0 Å². The molecule has 0 aliphatic heterocycles. The number of pyridine rings is 1. The predicted octanol–water partition coefficient (Wildman–Crippen LogP) is 10.1. The summed E-state index contributed by atoms with van der Waals surface area (Å²) in [4.78, 5) is 10.0. The van der Waals surface area contributed by atoms with Gasteiger partial charge in [0.1, 0.15) is 11.6 Å². The molecule has 0 fully saturated rings. The second-order valence-electron chi connectivity index (χ2n) is 12.0. The molecule has 45 heavy (non-hydrogen) atoms. The summed E-state index contributed by atoms with van der Waals surface area (Å²) in [6.07, 6.45) is 2.78. The number of aryl methyl sites for hydroxylation is 1. The monoisotopic (exact) mass is 585 g/mol. The lowest BCUT2D eigenvalue weighted by Crippen LogP contribution is -1.95. The molecule has 0 atom stereocenters. The third-order valence-corrected chi connectivity index (χ3v) is 8.56. The van der Waals surface area contributed by atoms with Crippen molar-refractivity contribution in [1.29, 1.82) is 0 Å². The average molecular weight is 586 g/mol. The molecule has 4 nitrogen and oxygen atoms in total. The van der Waals surface area contributed by atoms with E-state index in [0.29, 0.717) is 11.5 Å². The van der Waals surface area contributed by atoms with Gasteiger partial charge in [0.15, 0.2) is 0 Å². The fraction of sp³-hybridized carbons (Fsp3) is 0.122. The predicted molar refractivity (Wildman–Crippen MR) is 185 cm³/mol. The van der Waals surface area contributed by atoms with E-state index in [4.69, 9.17) is 9.97 Å². The first-order valence-corrected chi connectivity index (χ1v) is 15.4. The molecule has 220 valence electrons. The maximum absolute atomic E-state index is 11.1. The number of rotatable bonds is 7. The lowest BCUT2D eigenvalue weighted by molar-refractivity contribution is 0.476. The largest absolute Gasteiger partial charge is 0.507 e. The van der Waals surface area contributed by atoms with E-state index in [1.807, 2.05) is 43.6 Å². The highest BCUT2D eigenvalue weighted by Crippen LogP contribution is 2.38. The van der Waals surface area contributed by atoms with E-state index in [0.717, 1.165) is 56.8 Å². The number of imidazole rings is 1. The summed E-state index contributed by atoms with van der Waals surface area (Å²) in [6.45, 7) is 4.37. The van der Waals surface area contributed by atoms with Crippen LogP contribution in [-0.4, -0.2) is 19.6 Å². The molecule has 0 saturated heterocycles. The molecule has 5 aromatic carbocycles. The van der Waals surface area contributed by atoms with Crippen LogP contribution in [0.25, 0.3) is 55.9 Å². The van der Waals surface area contributed by atoms with E-state index in [2.05, 4.69) is 109 Å². The second-order valence-corrected chi connectivity index (χ2v) is 12.0. The Kier molecular flexibility index (Phi) is 7.48. The molecule has 2 heterocycles. The summed E-state index contributed by atoms with van der Waals surface area (Å²) < 4.78 is 2.10. The third kappa shape index (κ3) is 5.63. The number of aromatic nitrogens is 3. The highest BCUT2D eigenvalue weighted by Gasteiger charge is 2.19. The van der Waals surface area contributed by atoms with Gasteiger partial charge in [0.05, 0.1) is 22.3 Å². The van der Waals surface area contributed by atoms with Crippen LogP contribution < -0.4 is 0 Å². The molecule has 1 N–H and O–H groups in total. The summed E-state index contributed by atoms with van der Waals surface area (Å²) in [6, 6.07) is 43.9. The molecule has 7 rings (SSSR count). The minimum Gasteiger partial charge on any atom is -0.507 e. The van der Waals surface area contributed by atoms with Gasteiger partial charge in [-0.3, -0.25) is 4.98 Å². The van der Waals surface area contributed by atoms with E-state index < -0.39 is 0 Å². The number of nitrogens with zero attached hydrogens (tertiary/aromatic N) is 3. The van der Waals surface area contributed by atoms with E-state index in [1.165, 1.54) is 16.7 Å². The topological polar surface area (TPSA) is 50.9 Å². The van der Waals surface area contributed by atoms with Crippen molar-refractivity contribution in [2.75, 3.05) is 0 Å². The first-order chi connectivity index (χ1) is 21.9. The molecule has 0 spiro atoms. The molecule has 7 aromatic rings. The van der Waals surface area contributed by atoms with Crippen molar-refractivity contribution >= 4 is 11.0 Å². The van der Waals surface area contributed by atoms with Gasteiger partial charge >= 0.3 is 0 Å². The zero-order chi connectivity index (χ0) is 30.9. The summed E-state index contributed by atoms with van der Waals surface area (Å²) >= 11 is 0. The maximum Gasteiger partial charge on any atom is 0.144 e. The summed E-state index contributed by atoms with van der Waals surface area (Å²) in [7, 11) is 2.03. The van der Waals surface area contributed by atoms with E-state index in [1.54, 1.807) is 6.07 Å². The summed E-state index contributed by atoms with van der Waals surface area (Å²) in [5.74, 6) is 1.36. The van der Waals surface area contributed by atoms with Crippen LogP contribution in [0.4, 0.5) is 0 Å². The van der Waals surface area contributed by atoms with Gasteiger partial charge in [0.25, 0.3) is 0 Å². The van der Waals surface area contributed by atoms with Crippen molar-refractivity contribution in [2.24, 2.45) is 7.05 Å². The van der Waals surface area contributed by atoms with E-state index in [-0.39, 0.29) is 5.75 Å². The molecular formula is C41H35N3O. The van der Waals surface area contributed by atoms with E-state index in [9.17, 15) is 5.11 Å². The Morgan fingerprint density at radius 3 is 2.11 bits per heavy atom. The number of phenolic OH excluding ortho intramolecular Hbond substituents is 1. The van der Waals surface area contributed by atoms with Crippen LogP contribution in [0.15, 0.2) is 134 Å². The van der Waals surface area contributed by atoms with Crippen LogP contribution in [-0.2, 0) is 13.5 Å². The molecule has 0 unspecified atom stereocenters. The molecule has 0 aliphatic carbocycles. The minimum absolute atomic E-state index is 0.206. The second kappa shape index (κ2) is 11.9. The molecule has 0 saturated carbocycles. The zero-order valence-corrected chi connectivity index (χ0v) is 25.8. The normalized spacial score (nSPS) is 11.4. The van der Waals surface area contributed by atoms with Crippen molar-refractivity contribution in [1.82, 2.24) is 14.5 Å². The number of hydrogen-bond donors (Lipinski definition) is 1. The Morgan fingerprint density at radius 2 is 1.38 bits per heavy atom. The minimum atomic E-state index is 0.206. The van der Waals surface area contributed by atoms with Crippen molar-refractivity contribution in [3.63, 3.8) is 0 Å². The quantitative estimate of drug-likeness (QED) is 0.202. The molecule has 4 heteroatoms. The Balaban J connectivity index is 1.39. The van der Waals surface area contributed by atoms with Crippen LogP contribution in [0.3, 0.4) is 0 Å². The summed E-state index contributed by atoms with van der Waals surface area (Å²) in [5, 5.41) is 11.1. The maximum atomic E-state index is 11.1. The number of hydrogen-bond acceptors (Lipinski definition) is 3. The third-order valence-electron chi connectivity index (χ3n) is 8.56. The van der Waals surface area contributed by atoms with Gasteiger partial charge < -0.3 is 9.67 Å². The first kappa shape index (κ1) is 28.3. The Labute approximate surface area is 264 Å². The fourth-order valence-electron chi connectivity index (χ4n) is 6.03. The van der Waals surface area contributed by atoms with Gasteiger partial charge in [0, 0.05) is 24.4 Å². The molecule has 0 radical (unpaired) electrons. The van der Waals surface area contributed by atoms with Crippen LogP contribution in [0, 0.1) is 0 Å². The first-order valence-electron chi connectivity index (χ1n) is 15.4. The number of benzene rings is 5. The molecule has 0 aliphatic rings. The van der Waals surface area contributed by atoms with Gasteiger partial charge in [-0.05, 0) is 82.1 Å². The highest BCUT2D eigenvalue weighted by molar-refractivity contribution is 5.96. The lowest BCUT2D eigenvalue weighted by Gasteiger charge is -2.11. The molecular weight excluding hydrogens is 550 g/mol. The average Bonchev–Trinajstić information content (AvgIpc) is 3.41. The lowest BCUT2D eigenvalue weighted by atomic mass is 9.96. The van der Waals surface area contributed by atoms with Crippen LogP contribution >= 0.6 is 0 Å². The van der Waals surface area contributed by atoms with E-state index >= 15 is 0 Å². The Hall–Kier alpha value is -5.48. The Morgan fingerprint density at radius 1 is 0.644 bits per heavy atom. The van der Waals surface area contributed by atoms with Gasteiger partial charge in [0.2, 0.25) is 0 Å². The SMILES string of the molecule is CC(C)c1ccc(-c2cccc(-c3cc(Cc4ccccc4)cc4c3nc(-c3cc(-c5ccccc5)ccc3O)n4C)c2)nc1. The molecule has 2 aromatic heterocycles.